The number of urea groups is 1. The number of hydrogen-bond donors (Lipinski definition) is 0. The summed E-state index contributed by atoms with van der Waals surface area (Å²) in [6, 6.07) is 4.20. The molecule has 1 saturated heterocycles. The normalized spacial score (nSPS) is 16.3. The van der Waals surface area contributed by atoms with Gasteiger partial charge in [-0.15, -0.1) is 0 Å². The number of anilines is 1. The third kappa shape index (κ3) is 1.77. The number of likely N-dealkylation sites (N-methyl/N-ethyl adjacent to an activating group) is 1. The van der Waals surface area contributed by atoms with Crippen LogP contribution < -0.4 is 4.90 Å². The minimum absolute atomic E-state index is 0.0369. The molecule has 3 nitrogen and oxygen atoms in total. The van der Waals surface area contributed by atoms with Gasteiger partial charge in [0.05, 0.1) is 5.02 Å². The Morgan fingerprint density at radius 2 is 2.13 bits per heavy atom. The van der Waals surface area contributed by atoms with Gasteiger partial charge in [-0.05, 0) is 18.2 Å². The largest absolute Gasteiger partial charge is 0.326 e. The van der Waals surface area contributed by atoms with Crippen LogP contribution in [0.25, 0.3) is 0 Å². The van der Waals surface area contributed by atoms with Gasteiger partial charge in [0.15, 0.2) is 0 Å². The van der Waals surface area contributed by atoms with E-state index in [1.165, 1.54) is 12.1 Å². The zero-order valence-corrected chi connectivity index (χ0v) is 8.96. The predicted octanol–water partition coefficient (Wildman–Crippen LogP) is 2.35. The molecule has 5 heteroatoms. The molecule has 1 heterocycles. The zero-order valence-electron chi connectivity index (χ0n) is 8.20. The van der Waals surface area contributed by atoms with Crippen LogP contribution in [0.5, 0.6) is 0 Å². The van der Waals surface area contributed by atoms with Crippen molar-refractivity contribution in [3.05, 3.63) is 29.0 Å². The molecular formula is C10H10ClFN2O. The minimum atomic E-state index is -0.472. The third-order valence-electron chi connectivity index (χ3n) is 2.43. The van der Waals surface area contributed by atoms with Gasteiger partial charge in [-0.25, -0.2) is 9.18 Å². The lowest BCUT2D eigenvalue weighted by Gasteiger charge is -2.16. The van der Waals surface area contributed by atoms with Crippen molar-refractivity contribution in [2.24, 2.45) is 0 Å². The van der Waals surface area contributed by atoms with Gasteiger partial charge in [-0.2, -0.15) is 0 Å². The van der Waals surface area contributed by atoms with E-state index in [-0.39, 0.29) is 11.1 Å². The monoisotopic (exact) mass is 228 g/mol. The quantitative estimate of drug-likeness (QED) is 0.724. The Kier molecular flexibility index (Phi) is 2.52. The number of rotatable bonds is 1. The Labute approximate surface area is 92.0 Å². The fourth-order valence-corrected chi connectivity index (χ4v) is 1.71. The highest BCUT2D eigenvalue weighted by atomic mass is 35.5. The number of hydrogen-bond acceptors (Lipinski definition) is 1. The predicted molar refractivity (Wildman–Crippen MR) is 56.8 cm³/mol. The molecule has 1 aliphatic heterocycles. The van der Waals surface area contributed by atoms with Crippen LogP contribution >= 0.6 is 11.6 Å². The number of carbonyl (C=O) groups excluding carboxylic acids is 1. The summed E-state index contributed by atoms with van der Waals surface area (Å²) in [6.07, 6.45) is 0. The average Bonchev–Trinajstić information content (AvgIpc) is 2.53. The maximum Gasteiger partial charge on any atom is 0.324 e. The first kappa shape index (κ1) is 10.2. The second-order valence-corrected chi connectivity index (χ2v) is 3.86. The van der Waals surface area contributed by atoms with E-state index in [0.29, 0.717) is 18.8 Å². The summed E-state index contributed by atoms with van der Waals surface area (Å²) in [4.78, 5) is 14.8. The standard InChI is InChI=1S/C10H10ClFN2O/c1-13-4-5-14(10(13)15)7-2-3-9(12)8(11)6-7/h2-3,6H,4-5H2,1H3. The van der Waals surface area contributed by atoms with E-state index in [2.05, 4.69) is 0 Å². The molecule has 0 unspecified atom stereocenters. The van der Waals surface area contributed by atoms with Crippen molar-refractivity contribution < 1.29 is 9.18 Å². The van der Waals surface area contributed by atoms with Crippen molar-refractivity contribution in [3.63, 3.8) is 0 Å². The van der Waals surface area contributed by atoms with Gasteiger partial charge in [0.2, 0.25) is 0 Å². The van der Waals surface area contributed by atoms with Crippen molar-refractivity contribution in [2.75, 3.05) is 25.0 Å². The Hall–Kier alpha value is -1.29. The summed E-state index contributed by atoms with van der Waals surface area (Å²) in [5.74, 6) is -0.472. The van der Waals surface area contributed by atoms with Gasteiger partial charge in [0, 0.05) is 25.8 Å². The highest BCUT2D eigenvalue weighted by Crippen LogP contribution is 2.24. The van der Waals surface area contributed by atoms with Gasteiger partial charge < -0.3 is 4.90 Å². The Morgan fingerprint density at radius 1 is 1.40 bits per heavy atom. The van der Waals surface area contributed by atoms with E-state index in [0.717, 1.165) is 0 Å². The Bertz CT molecular complexity index is 410. The van der Waals surface area contributed by atoms with Crippen LogP contribution in [0.15, 0.2) is 18.2 Å². The number of amides is 2. The van der Waals surface area contributed by atoms with Crippen molar-refractivity contribution in [1.29, 1.82) is 0 Å². The fourth-order valence-electron chi connectivity index (χ4n) is 1.54. The molecule has 0 radical (unpaired) electrons. The molecule has 80 valence electrons. The lowest BCUT2D eigenvalue weighted by atomic mass is 10.3. The third-order valence-corrected chi connectivity index (χ3v) is 2.72. The van der Waals surface area contributed by atoms with Crippen LogP contribution in [0.1, 0.15) is 0 Å². The molecule has 0 aliphatic carbocycles. The molecule has 2 rings (SSSR count). The molecule has 0 N–H and O–H groups in total. The molecule has 2 amide bonds. The summed E-state index contributed by atoms with van der Waals surface area (Å²) >= 11 is 5.65. The summed E-state index contributed by atoms with van der Waals surface area (Å²) < 4.78 is 12.9. The summed E-state index contributed by atoms with van der Waals surface area (Å²) in [7, 11) is 1.73. The van der Waals surface area contributed by atoms with Crippen molar-refractivity contribution in [2.45, 2.75) is 0 Å². The molecule has 1 fully saturated rings. The summed E-state index contributed by atoms with van der Waals surface area (Å²) in [6.45, 7) is 1.28. The summed E-state index contributed by atoms with van der Waals surface area (Å²) in [5.41, 5.74) is 0.635. The van der Waals surface area contributed by atoms with E-state index in [9.17, 15) is 9.18 Å². The first-order valence-corrected chi connectivity index (χ1v) is 4.95. The molecular weight excluding hydrogens is 219 g/mol. The van der Waals surface area contributed by atoms with E-state index < -0.39 is 5.82 Å². The molecule has 0 atom stereocenters. The highest BCUT2D eigenvalue weighted by molar-refractivity contribution is 6.31. The SMILES string of the molecule is CN1CCN(c2ccc(F)c(Cl)c2)C1=O. The molecule has 0 bridgehead atoms. The first-order chi connectivity index (χ1) is 7.09. The molecule has 0 saturated carbocycles. The van der Waals surface area contributed by atoms with Crippen LogP contribution in [-0.2, 0) is 0 Å². The van der Waals surface area contributed by atoms with Gasteiger partial charge in [-0.1, -0.05) is 11.6 Å². The van der Waals surface area contributed by atoms with E-state index in [1.54, 1.807) is 22.9 Å². The average molecular weight is 229 g/mol. The number of carbonyl (C=O) groups is 1. The van der Waals surface area contributed by atoms with E-state index in [1.807, 2.05) is 0 Å². The zero-order chi connectivity index (χ0) is 11.0. The van der Waals surface area contributed by atoms with Gasteiger partial charge in [-0.3, -0.25) is 4.90 Å². The minimum Gasteiger partial charge on any atom is -0.326 e. The molecule has 1 aromatic carbocycles. The maximum atomic E-state index is 12.9. The second-order valence-electron chi connectivity index (χ2n) is 3.45. The molecule has 15 heavy (non-hydrogen) atoms. The van der Waals surface area contributed by atoms with E-state index >= 15 is 0 Å². The van der Waals surface area contributed by atoms with Crippen LogP contribution in [-0.4, -0.2) is 31.1 Å². The van der Waals surface area contributed by atoms with Crippen LogP contribution in [0.2, 0.25) is 5.02 Å². The smallest absolute Gasteiger partial charge is 0.324 e. The van der Waals surface area contributed by atoms with E-state index in [4.69, 9.17) is 11.6 Å². The summed E-state index contributed by atoms with van der Waals surface area (Å²) in [5, 5.41) is 0.0369. The second kappa shape index (κ2) is 3.70. The van der Waals surface area contributed by atoms with Crippen molar-refractivity contribution in [1.82, 2.24) is 4.90 Å². The van der Waals surface area contributed by atoms with Gasteiger partial charge >= 0.3 is 6.03 Å². The van der Waals surface area contributed by atoms with Gasteiger partial charge in [0.1, 0.15) is 5.82 Å². The van der Waals surface area contributed by atoms with Crippen molar-refractivity contribution >= 4 is 23.3 Å². The first-order valence-electron chi connectivity index (χ1n) is 4.57. The fraction of sp³-hybridized carbons (Fsp3) is 0.300. The number of benzene rings is 1. The highest BCUT2D eigenvalue weighted by Gasteiger charge is 2.26. The molecule has 1 aliphatic rings. The Morgan fingerprint density at radius 3 is 2.67 bits per heavy atom. The number of halogens is 2. The van der Waals surface area contributed by atoms with Crippen LogP contribution in [0.3, 0.4) is 0 Å². The van der Waals surface area contributed by atoms with Crippen molar-refractivity contribution in [3.8, 4) is 0 Å². The lowest BCUT2D eigenvalue weighted by molar-refractivity contribution is 0.229. The van der Waals surface area contributed by atoms with Crippen LogP contribution in [0, 0.1) is 5.82 Å². The Balaban J connectivity index is 2.31. The topological polar surface area (TPSA) is 23.6 Å². The lowest BCUT2D eigenvalue weighted by Crippen LogP contribution is -2.29. The van der Waals surface area contributed by atoms with Crippen LogP contribution in [0.4, 0.5) is 14.9 Å². The van der Waals surface area contributed by atoms with Gasteiger partial charge in [0.25, 0.3) is 0 Å². The molecule has 0 aromatic heterocycles. The number of nitrogens with zero attached hydrogens (tertiary/aromatic N) is 2. The molecule has 1 aromatic rings. The maximum absolute atomic E-state index is 12.9. The molecule has 0 spiro atoms.